The van der Waals surface area contributed by atoms with Crippen LogP contribution in [-0.2, 0) is 17.9 Å². The van der Waals surface area contributed by atoms with Gasteiger partial charge in [-0.1, -0.05) is 17.7 Å². The molecule has 94 valence electrons. The summed E-state index contributed by atoms with van der Waals surface area (Å²) in [6.45, 7) is 5.94. The molecule has 0 radical (unpaired) electrons. The second-order valence-electron chi connectivity index (χ2n) is 4.37. The lowest BCUT2D eigenvalue weighted by Crippen LogP contribution is -2.43. The number of hydrogen-bond acceptors (Lipinski definition) is 3. The fraction of sp³-hybridized carbons (Fsp3) is 0.538. The van der Waals surface area contributed by atoms with Crippen LogP contribution >= 0.6 is 11.6 Å². The lowest BCUT2D eigenvalue weighted by atomic mass is 10.1. The number of rotatable bonds is 4. The monoisotopic (exact) mass is 254 g/mol. The number of piperazine rings is 1. The van der Waals surface area contributed by atoms with Crippen molar-refractivity contribution in [1.82, 2.24) is 10.2 Å². The number of ether oxygens (including phenoxy) is 1. The minimum atomic E-state index is 0.651. The summed E-state index contributed by atoms with van der Waals surface area (Å²) < 4.78 is 5.22. The molecule has 1 fully saturated rings. The average molecular weight is 255 g/mol. The third kappa shape index (κ3) is 3.68. The van der Waals surface area contributed by atoms with Crippen molar-refractivity contribution in [1.29, 1.82) is 0 Å². The van der Waals surface area contributed by atoms with Gasteiger partial charge in [0.15, 0.2) is 0 Å². The summed E-state index contributed by atoms with van der Waals surface area (Å²) in [5, 5.41) is 4.16. The predicted octanol–water partition coefficient (Wildman–Crippen LogP) is 1.89. The van der Waals surface area contributed by atoms with E-state index in [1.54, 1.807) is 7.11 Å². The second-order valence-corrected chi connectivity index (χ2v) is 4.81. The Kier molecular flexibility index (Phi) is 4.80. The average Bonchev–Trinajstić information content (AvgIpc) is 2.34. The lowest BCUT2D eigenvalue weighted by molar-refractivity contribution is 0.181. The molecule has 0 aliphatic carbocycles. The smallest absolute Gasteiger partial charge is 0.0716 e. The third-order valence-corrected chi connectivity index (χ3v) is 3.31. The molecule has 0 spiro atoms. The lowest BCUT2D eigenvalue weighted by Gasteiger charge is -2.28. The molecule has 1 heterocycles. The van der Waals surface area contributed by atoms with Gasteiger partial charge in [-0.2, -0.15) is 0 Å². The number of nitrogens with one attached hydrogen (secondary N) is 1. The van der Waals surface area contributed by atoms with E-state index < -0.39 is 0 Å². The van der Waals surface area contributed by atoms with Gasteiger partial charge >= 0.3 is 0 Å². The molecule has 3 nitrogen and oxygen atoms in total. The van der Waals surface area contributed by atoms with Crippen LogP contribution in [0.1, 0.15) is 11.1 Å². The van der Waals surface area contributed by atoms with Gasteiger partial charge < -0.3 is 10.1 Å². The molecular weight excluding hydrogens is 236 g/mol. The van der Waals surface area contributed by atoms with E-state index in [4.69, 9.17) is 16.3 Å². The zero-order chi connectivity index (χ0) is 12.1. The Hall–Kier alpha value is -0.610. The maximum atomic E-state index is 6.06. The first-order chi connectivity index (χ1) is 8.29. The Morgan fingerprint density at radius 2 is 2.06 bits per heavy atom. The summed E-state index contributed by atoms with van der Waals surface area (Å²) in [4.78, 5) is 2.45. The first-order valence-electron chi connectivity index (χ1n) is 5.99. The van der Waals surface area contributed by atoms with E-state index in [0.717, 1.165) is 37.7 Å². The highest BCUT2D eigenvalue weighted by Gasteiger charge is 2.12. The van der Waals surface area contributed by atoms with Gasteiger partial charge in [0.1, 0.15) is 0 Å². The minimum absolute atomic E-state index is 0.651. The van der Waals surface area contributed by atoms with Gasteiger partial charge in [-0.15, -0.1) is 0 Å². The van der Waals surface area contributed by atoms with Crippen LogP contribution in [0.5, 0.6) is 0 Å². The van der Waals surface area contributed by atoms with E-state index in [9.17, 15) is 0 Å². The molecule has 1 aliphatic rings. The minimum Gasteiger partial charge on any atom is -0.380 e. The van der Waals surface area contributed by atoms with Gasteiger partial charge in [-0.25, -0.2) is 0 Å². The molecular formula is C13H19ClN2O. The van der Waals surface area contributed by atoms with Crippen molar-refractivity contribution in [2.45, 2.75) is 13.2 Å². The number of benzene rings is 1. The van der Waals surface area contributed by atoms with Crippen LogP contribution in [0.3, 0.4) is 0 Å². The molecule has 1 aromatic rings. The Morgan fingerprint density at radius 1 is 1.29 bits per heavy atom. The van der Waals surface area contributed by atoms with Crippen LogP contribution in [0.15, 0.2) is 18.2 Å². The zero-order valence-electron chi connectivity index (χ0n) is 10.2. The van der Waals surface area contributed by atoms with Gasteiger partial charge in [0.05, 0.1) is 6.61 Å². The fourth-order valence-corrected chi connectivity index (χ4v) is 2.34. The Bertz CT molecular complexity index is 364. The van der Waals surface area contributed by atoms with E-state index in [0.29, 0.717) is 6.61 Å². The molecule has 0 bridgehead atoms. The van der Waals surface area contributed by atoms with Crippen LogP contribution in [-0.4, -0.2) is 38.2 Å². The number of hydrogen-bond donors (Lipinski definition) is 1. The molecule has 1 aromatic carbocycles. The van der Waals surface area contributed by atoms with E-state index in [1.165, 1.54) is 11.1 Å². The quantitative estimate of drug-likeness (QED) is 0.888. The molecule has 0 amide bonds. The molecule has 0 unspecified atom stereocenters. The van der Waals surface area contributed by atoms with Gasteiger partial charge in [0.25, 0.3) is 0 Å². The van der Waals surface area contributed by atoms with E-state index in [1.807, 2.05) is 6.07 Å². The Morgan fingerprint density at radius 3 is 2.76 bits per heavy atom. The number of methoxy groups -OCH3 is 1. The summed E-state index contributed by atoms with van der Waals surface area (Å²) in [6.07, 6.45) is 0. The first kappa shape index (κ1) is 12.8. The summed E-state index contributed by atoms with van der Waals surface area (Å²) >= 11 is 6.06. The highest BCUT2D eigenvalue weighted by Crippen LogP contribution is 2.19. The molecule has 0 aromatic heterocycles. The fourth-order valence-electron chi connectivity index (χ4n) is 2.15. The van der Waals surface area contributed by atoms with Crippen molar-refractivity contribution in [3.05, 3.63) is 34.3 Å². The highest BCUT2D eigenvalue weighted by molar-refractivity contribution is 6.30. The molecule has 1 aliphatic heterocycles. The largest absolute Gasteiger partial charge is 0.380 e. The second kappa shape index (κ2) is 6.36. The molecule has 4 heteroatoms. The van der Waals surface area contributed by atoms with Crippen molar-refractivity contribution >= 4 is 11.6 Å². The van der Waals surface area contributed by atoms with Crippen LogP contribution in [0.2, 0.25) is 5.02 Å². The maximum Gasteiger partial charge on any atom is 0.0716 e. The first-order valence-corrected chi connectivity index (χ1v) is 6.36. The van der Waals surface area contributed by atoms with Crippen LogP contribution in [0.4, 0.5) is 0 Å². The normalized spacial score (nSPS) is 17.3. The summed E-state index contributed by atoms with van der Waals surface area (Å²) in [6, 6.07) is 6.04. The zero-order valence-corrected chi connectivity index (χ0v) is 11.0. The van der Waals surface area contributed by atoms with Crippen LogP contribution in [0.25, 0.3) is 0 Å². The molecule has 17 heavy (non-hydrogen) atoms. The molecule has 1 saturated heterocycles. The maximum absolute atomic E-state index is 6.06. The Balaban J connectivity index is 2.08. The predicted molar refractivity (Wildman–Crippen MR) is 70.3 cm³/mol. The van der Waals surface area contributed by atoms with Gasteiger partial charge in [0, 0.05) is 44.9 Å². The highest BCUT2D eigenvalue weighted by atomic mass is 35.5. The van der Waals surface area contributed by atoms with Crippen molar-refractivity contribution in [3.8, 4) is 0 Å². The summed E-state index contributed by atoms with van der Waals surface area (Å²) in [5.41, 5.74) is 2.51. The molecule has 0 saturated carbocycles. The van der Waals surface area contributed by atoms with Gasteiger partial charge in [0.2, 0.25) is 0 Å². The van der Waals surface area contributed by atoms with E-state index in [2.05, 4.69) is 22.3 Å². The number of nitrogens with zero attached hydrogens (tertiary/aromatic N) is 1. The van der Waals surface area contributed by atoms with Crippen molar-refractivity contribution in [2.24, 2.45) is 0 Å². The van der Waals surface area contributed by atoms with Crippen molar-refractivity contribution in [2.75, 3.05) is 33.3 Å². The van der Waals surface area contributed by atoms with Gasteiger partial charge in [-0.05, 0) is 23.3 Å². The van der Waals surface area contributed by atoms with Gasteiger partial charge in [-0.3, -0.25) is 4.90 Å². The molecule has 2 rings (SSSR count). The van der Waals surface area contributed by atoms with Crippen LogP contribution < -0.4 is 5.32 Å². The van der Waals surface area contributed by atoms with E-state index >= 15 is 0 Å². The van der Waals surface area contributed by atoms with Crippen molar-refractivity contribution < 1.29 is 4.74 Å². The standard InChI is InChI=1S/C13H19ClN2O/c1-17-10-11-2-3-13(14)8-12(11)9-16-6-4-15-5-7-16/h2-3,8,15H,4-7,9-10H2,1H3. The molecule has 1 N–H and O–H groups in total. The summed E-state index contributed by atoms with van der Waals surface area (Å²) in [5.74, 6) is 0. The van der Waals surface area contributed by atoms with Crippen LogP contribution in [0, 0.1) is 0 Å². The third-order valence-electron chi connectivity index (χ3n) is 3.07. The van der Waals surface area contributed by atoms with E-state index in [-0.39, 0.29) is 0 Å². The Labute approximate surface area is 108 Å². The topological polar surface area (TPSA) is 24.5 Å². The molecule has 0 atom stereocenters. The number of halogens is 1. The SMILES string of the molecule is COCc1ccc(Cl)cc1CN1CCNCC1. The summed E-state index contributed by atoms with van der Waals surface area (Å²) in [7, 11) is 1.73. The van der Waals surface area contributed by atoms with Crippen molar-refractivity contribution in [3.63, 3.8) is 0 Å².